The van der Waals surface area contributed by atoms with Crippen LogP contribution in [-0.4, -0.2) is 21.6 Å². The zero-order valence-electron chi connectivity index (χ0n) is 9.03. The van der Waals surface area contributed by atoms with Crippen molar-refractivity contribution >= 4 is 17.6 Å². The summed E-state index contributed by atoms with van der Waals surface area (Å²) >= 11 is 1.64. The maximum atomic E-state index is 7.42. The fraction of sp³-hybridized carbons (Fsp3) is 0.500. The van der Waals surface area contributed by atoms with Gasteiger partial charge in [-0.15, -0.1) is 11.8 Å². The third-order valence-corrected chi connectivity index (χ3v) is 3.16. The van der Waals surface area contributed by atoms with E-state index in [9.17, 15) is 0 Å². The number of aromatic nitrogens is 2. The standard InChI is InChI=1S/C10H16N4S/c1-10(2,9(11)12)3-6-15-8-7-13-4-5-14-8/h4-5,7H,3,6H2,1-2H3,(H3,11,12). The number of hydrogen-bond acceptors (Lipinski definition) is 4. The van der Waals surface area contributed by atoms with Gasteiger partial charge in [0.1, 0.15) is 5.03 Å². The highest BCUT2D eigenvalue weighted by Crippen LogP contribution is 2.24. The lowest BCUT2D eigenvalue weighted by atomic mass is 9.89. The van der Waals surface area contributed by atoms with Crippen LogP contribution in [0.4, 0.5) is 0 Å². The molecule has 0 fully saturated rings. The highest BCUT2D eigenvalue weighted by molar-refractivity contribution is 7.99. The number of nitrogens with zero attached hydrogens (tertiary/aromatic N) is 2. The van der Waals surface area contributed by atoms with Crippen LogP contribution in [-0.2, 0) is 0 Å². The lowest BCUT2D eigenvalue weighted by molar-refractivity contribution is 0.500. The molecule has 5 heteroatoms. The van der Waals surface area contributed by atoms with Crippen LogP contribution >= 0.6 is 11.8 Å². The van der Waals surface area contributed by atoms with Crippen LogP contribution in [0.3, 0.4) is 0 Å². The zero-order valence-corrected chi connectivity index (χ0v) is 9.84. The molecule has 1 rings (SSSR count). The Morgan fingerprint density at radius 2 is 2.27 bits per heavy atom. The van der Waals surface area contributed by atoms with Crippen molar-refractivity contribution in [2.75, 3.05) is 5.75 Å². The largest absolute Gasteiger partial charge is 0.387 e. The van der Waals surface area contributed by atoms with Gasteiger partial charge in [-0.3, -0.25) is 10.4 Å². The Morgan fingerprint density at radius 1 is 1.53 bits per heavy atom. The van der Waals surface area contributed by atoms with E-state index in [2.05, 4.69) is 9.97 Å². The monoisotopic (exact) mass is 224 g/mol. The summed E-state index contributed by atoms with van der Waals surface area (Å²) < 4.78 is 0. The average molecular weight is 224 g/mol. The van der Waals surface area contributed by atoms with Crippen LogP contribution in [0, 0.1) is 10.8 Å². The first-order valence-corrected chi connectivity index (χ1v) is 5.74. The smallest absolute Gasteiger partial charge is 0.114 e. The molecule has 0 radical (unpaired) electrons. The van der Waals surface area contributed by atoms with Gasteiger partial charge in [0.15, 0.2) is 0 Å². The molecule has 0 bridgehead atoms. The van der Waals surface area contributed by atoms with Gasteiger partial charge in [0.05, 0.1) is 12.0 Å². The number of nitrogens with one attached hydrogen (secondary N) is 1. The second-order valence-electron chi connectivity index (χ2n) is 3.94. The van der Waals surface area contributed by atoms with Crippen LogP contribution in [0.2, 0.25) is 0 Å². The summed E-state index contributed by atoms with van der Waals surface area (Å²) in [6.07, 6.45) is 5.94. The molecule has 82 valence electrons. The number of hydrogen-bond donors (Lipinski definition) is 2. The van der Waals surface area contributed by atoms with Gasteiger partial charge in [-0.1, -0.05) is 13.8 Å². The Labute approximate surface area is 94.2 Å². The molecule has 0 amide bonds. The molecule has 0 aromatic carbocycles. The minimum atomic E-state index is -0.227. The molecule has 1 heterocycles. The molecule has 4 nitrogen and oxygen atoms in total. The van der Waals surface area contributed by atoms with Gasteiger partial charge in [-0.2, -0.15) is 0 Å². The third kappa shape index (κ3) is 3.87. The van der Waals surface area contributed by atoms with E-state index in [1.54, 1.807) is 30.4 Å². The predicted molar refractivity (Wildman–Crippen MR) is 63.1 cm³/mol. The average Bonchev–Trinajstić information content (AvgIpc) is 2.19. The maximum absolute atomic E-state index is 7.42. The third-order valence-electron chi connectivity index (χ3n) is 2.25. The van der Waals surface area contributed by atoms with Crippen LogP contribution in [0.25, 0.3) is 0 Å². The molecular weight excluding hydrogens is 208 g/mol. The molecule has 0 aliphatic heterocycles. The van der Waals surface area contributed by atoms with Gasteiger partial charge in [-0.05, 0) is 6.42 Å². The second kappa shape index (κ2) is 5.11. The summed E-state index contributed by atoms with van der Waals surface area (Å²) in [5.41, 5.74) is 5.27. The van der Waals surface area contributed by atoms with Crippen molar-refractivity contribution in [1.29, 1.82) is 5.41 Å². The van der Waals surface area contributed by atoms with E-state index < -0.39 is 0 Å². The van der Waals surface area contributed by atoms with Gasteiger partial charge in [-0.25, -0.2) is 4.98 Å². The van der Waals surface area contributed by atoms with Crippen LogP contribution in [0.15, 0.2) is 23.6 Å². The van der Waals surface area contributed by atoms with Gasteiger partial charge in [0.25, 0.3) is 0 Å². The summed E-state index contributed by atoms with van der Waals surface area (Å²) in [5, 5.41) is 8.33. The highest BCUT2D eigenvalue weighted by Gasteiger charge is 2.20. The number of thioether (sulfide) groups is 1. The van der Waals surface area contributed by atoms with E-state index in [4.69, 9.17) is 11.1 Å². The highest BCUT2D eigenvalue weighted by atomic mass is 32.2. The lowest BCUT2D eigenvalue weighted by Crippen LogP contribution is -2.31. The summed E-state index contributed by atoms with van der Waals surface area (Å²) in [7, 11) is 0. The Bertz CT molecular complexity index is 323. The molecule has 1 aromatic rings. The van der Waals surface area contributed by atoms with Gasteiger partial charge >= 0.3 is 0 Å². The molecule has 0 atom stereocenters. The first-order valence-electron chi connectivity index (χ1n) is 4.76. The van der Waals surface area contributed by atoms with Crippen molar-refractivity contribution < 1.29 is 0 Å². The van der Waals surface area contributed by atoms with Crippen molar-refractivity contribution in [3.05, 3.63) is 18.6 Å². The molecule has 0 unspecified atom stereocenters. The van der Waals surface area contributed by atoms with Crippen molar-refractivity contribution in [1.82, 2.24) is 9.97 Å². The van der Waals surface area contributed by atoms with Crippen LogP contribution in [0.5, 0.6) is 0 Å². The molecule has 1 aromatic heterocycles. The molecule has 0 saturated heterocycles. The lowest BCUT2D eigenvalue weighted by Gasteiger charge is -2.22. The van der Waals surface area contributed by atoms with Crippen molar-refractivity contribution in [3.63, 3.8) is 0 Å². The van der Waals surface area contributed by atoms with Crippen LogP contribution < -0.4 is 5.73 Å². The molecule has 0 spiro atoms. The fourth-order valence-corrected chi connectivity index (χ4v) is 2.00. The van der Waals surface area contributed by atoms with E-state index >= 15 is 0 Å². The molecule has 0 saturated carbocycles. The molecular formula is C10H16N4S. The normalized spacial score (nSPS) is 11.3. The Morgan fingerprint density at radius 3 is 2.80 bits per heavy atom. The van der Waals surface area contributed by atoms with E-state index in [1.165, 1.54) is 0 Å². The first kappa shape index (κ1) is 12.0. The summed E-state index contributed by atoms with van der Waals surface area (Å²) in [6.45, 7) is 3.96. The predicted octanol–water partition coefficient (Wildman–Crippen LogP) is 1.92. The van der Waals surface area contributed by atoms with Crippen LogP contribution in [0.1, 0.15) is 20.3 Å². The van der Waals surface area contributed by atoms with Crippen molar-refractivity contribution in [3.8, 4) is 0 Å². The molecule has 15 heavy (non-hydrogen) atoms. The summed E-state index contributed by atoms with van der Waals surface area (Å²) in [4.78, 5) is 8.14. The Hall–Kier alpha value is -1.10. The minimum Gasteiger partial charge on any atom is -0.387 e. The summed E-state index contributed by atoms with van der Waals surface area (Å²) in [5.74, 6) is 1.13. The van der Waals surface area contributed by atoms with Crippen molar-refractivity contribution in [2.24, 2.45) is 11.1 Å². The first-order chi connectivity index (χ1) is 7.02. The van der Waals surface area contributed by atoms with E-state index in [-0.39, 0.29) is 11.3 Å². The van der Waals surface area contributed by atoms with E-state index in [0.717, 1.165) is 17.2 Å². The van der Waals surface area contributed by atoms with Gasteiger partial charge in [0.2, 0.25) is 0 Å². The van der Waals surface area contributed by atoms with E-state index in [1.807, 2.05) is 13.8 Å². The van der Waals surface area contributed by atoms with Gasteiger partial charge in [0, 0.05) is 23.6 Å². The molecule has 3 N–H and O–H groups in total. The molecule has 0 aliphatic rings. The quantitative estimate of drug-likeness (QED) is 0.455. The fourth-order valence-electron chi connectivity index (χ4n) is 0.905. The maximum Gasteiger partial charge on any atom is 0.114 e. The Balaban J connectivity index is 2.37. The Kier molecular flexibility index (Phi) is 4.08. The zero-order chi connectivity index (χ0) is 11.3. The number of nitrogens with two attached hydrogens (primary N) is 1. The number of amidine groups is 1. The van der Waals surface area contributed by atoms with Gasteiger partial charge < -0.3 is 5.73 Å². The second-order valence-corrected chi connectivity index (χ2v) is 5.05. The number of rotatable bonds is 5. The summed E-state index contributed by atoms with van der Waals surface area (Å²) in [6, 6.07) is 0. The van der Waals surface area contributed by atoms with Crippen molar-refractivity contribution in [2.45, 2.75) is 25.3 Å². The minimum absolute atomic E-state index is 0.227. The van der Waals surface area contributed by atoms with E-state index in [0.29, 0.717) is 0 Å². The SMILES string of the molecule is CC(C)(CCSc1cnccn1)C(=N)N. The topological polar surface area (TPSA) is 75.7 Å². The molecule has 0 aliphatic carbocycles.